The van der Waals surface area contributed by atoms with Gasteiger partial charge in [0.1, 0.15) is 0 Å². The molecule has 17 heavy (non-hydrogen) atoms. The quantitative estimate of drug-likeness (QED) is 0.609. The zero-order valence-corrected chi connectivity index (χ0v) is 8.69. The molecule has 1 aromatic carbocycles. The molecule has 0 amide bonds. The van der Waals surface area contributed by atoms with E-state index in [4.69, 9.17) is 0 Å². The summed E-state index contributed by atoms with van der Waals surface area (Å²) in [6.07, 6.45) is -4.54. The summed E-state index contributed by atoms with van der Waals surface area (Å²) >= 11 is 0. The molecule has 1 atom stereocenters. The van der Waals surface area contributed by atoms with Crippen LogP contribution in [0.15, 0.2) is 29.4 Å². The average molecular weight is 247 g/mol. The van der Waals surface area contributed by atoms with E-state index in [1.54, 1.807) is 0 Å². The van der Waals surface area contributed by atoms with Gasteiger partial charge in [0.15, 0.2) is 0 Å². The highest BCUT2D eigenvalue weighted by molar-refractivity contribution is 5.77. The number of hydrogen-bond donors (Lipinski definition) is 0. The third-order valence-corrected chi connectivity index (χ3v) is 2.06. The minimum absolute atomic E-state index is 0.151. The number of nitrogens with zero attached hydrogens (tertiary/aromatic N) is 1. The van der Waals surface area contributed by atoms with Crippen molar-refractivity contribution < 1.29 is 22.7 Å². The first-order chi connectivity index (χ1) is 7.90. The summed E-state index contributed by atoms with van der Waals surface area (Å²) in [6.45, 7) is 0. The summed E-state index contributed by atoms with van der Waals surface area (Å²) in [5.41, 5.74) is -1.10. The van der Waals surface area contributed by atoms with Crippen molar-refractivity contribution in [2.24, 2.45) is 5.18 Å². The molecule has 0 radical (unpaired) electrons. The van der Waals surface area contributed by atoms with Gasteiger partial charge in [0.2, 0.25) is 6.04 Å². The first kappa shape index (κ1) is 13.1. The topological polar surface area (TPSA) is 55.7 Å². The molecule has 4 nitrogen and oxygen atoms in total. The molecule has 1 unspecified atom stereocenters. The van der Waals surface area contributed by atoms with Gasteiger partial charge in [0.05, 0.1) is 12.7 Å². The maximum absolute atomic E-state index is 12.4. The summed E-state index contributed by atoms with van der Waals surface area (Å²) in [5, 5.41) is 2.46. The van der Waals surface area contributed by atoms with Crippen molar-refractivity contribution in [3.63, 3.8) is 0 Å². The standard InChI is InChI=1S/C10H8F3NO3/c1-17-9(15)8(14-16)6-3-2-4-7(5-6)10(11,12)13/h2-5,8H,1H3. The van der Waals surface area contributed by atoms with E-state index in [-0.39, 0.29) is 5.56 Å². The van der Waals surface area contributed by atoms with Crippen LogP contribution in [0.2, 0.25) is 0 Å². The molecule has 0 heterocycles. The number of esters is 1. The molecule has 0 N–H and O–H groups in total. The molecule has 7 heteroatoms. The number of rotatable bonds is 3. The van der Waals surface area contributed by atoms with Gasteiger partial charge in [0.25, 0.3) is 0 Å². The molecule has 1 rings (SSSR count). The van der Waals surface area contributed by atoms with Gasteiger partial charge in [-0.2, -0.15) is 13.2 Å². The molecule has 0 saturated carbocycles. The van der Waals surface area contributed by atoms with Crippen LogP contribution in [-0.4, -0.2) is 13.1 Å². The van der Waals surface area contributed by atoms with E-state index >= 15 is 0 Å². The second kappa shape index (κ2) is 4.94. The monoisotopic (exact) mass is 247 g/mol. The van der Waals surface area contributed by atoms with Crippen LogP contribution in [0.3, 0.4) is 0 Å². The number of hydrogen-bond acceptors (Lipinski definition) is 4. The Balaban J connectivity index is 3.14. The summed E-state index contributed by atoms with van der Waals surface area (Å²) < 4.78 is 41.4. The van der Waals surface area contributed by atoms with Gasteiger partial charge >= 0.3 is 12.1 Å². The molecule has 0 aromatic heterocycles. The number of halogens is 3. The van der Waals surface area contributed by atoms with Gasteiger partial charge < -0.3 is 4.74 Å². The van der Waals surface area contributed by atoms with Gasteiger partial charge in [-0.15, -0.1) is 4.91 Å². The van der Waals surface area contributed by atoms with Crippen LogP contribution in [0.5, 0.6) is 0 Å². The first-order valence-corrected chi connectivity index (χ1v) is 4.47. The lowest BCUT2D eigenvalue weighted by atomic mass is 10.0. The molecule has 92 valence electrons. The van der Waals surface area contributed by atoms with Gasteiger partial charge in [-0.3, -0.25) is 0 Å². The minimum Gasteiger partial charge on any atom is -0.467 e. The van der Waals surface area contributed by atoms with Crippen molar-refractivity contribution >= 4 is 5.97 Å². The van der Waals surface area contributed by atoms with Gasteiger partial charge in [0, 0.05) is 0 Å². The Labute approximate surface area is 94.4 Å². The number of alkyl halides is 3. The van der Waals surface area contributed by atoms with Crippen LogP contribution in [0.4, 0.5) is 13.2 Å². The number of nitroso groups, excluding NO2 is 1. The SMILES string of the molecule is COC(=O)C(N=O)c1cccc(C(F)(F)F)c1. The number of benzene rings is 1. The Hall–Kier alpha value is -1.92. The minimum atomic E-state index is -4.54. The van der Waals surface area contributed by atoms with Crippen LogP contribution in [0.1, 0.15) is 17.2 Å². The van der Waals surface area contributed by atoms with Crippen LogP contribution < -0.4 is 0 Å². The third-order valence-electron chi connectivity index (χ3n) is 2.06. The Morgan fingerprint density at radius 3 is 2.53 bits per heavy atom. The number of carbonyl (C=O) groups is 1. The molecule has 0 bridgehead atoms. The van der Waals surface area contributed by atoms with Crippen LogP contribution in [-0.2, 0) is 15.7 Å². The summed E-state index contributed by atoms with van der Waals surface area (Å²) in [7, 11) is 1.02. The highest BCUT2D eigenvalue weighted by Gasteiger charge is 2.32. The van der Waals surface area contributed by atoms with Crippen molar-refractivity contribution in [3.05, 3.63) is 40.3 Å². The predicted molar refractivity (Wildman–Crippen MR) is 52.0 cm³/mol. The van der Waals surface area contributed by atoms with E-state index in [1.165, 1.54) is 6.07 Å². The summed E-state index contributed by atoms with van der Waals surface area (Å²) in [5.74, 6) is -1.00. The molecule has 1 aromatic rings. The molecule has 0 aliphatic rings. The van der Waals surface area contributed by atoms with Crippen molar-refractivity contribution in [3.8, 4) is 0 Å². The lowest BCUT2D eigenvalue weighted by molar-refractivity contribution is -0.142. The van der Waals surface area contributed by atoms with Crippen molar-refractivity contribution in [1.29, 1.82) is 0 Å². The number of methoxy groups -OCH3 is 1. The summed E-state index contributed by atoms with van der Waals surface area (Å²) in [4.78, 5) is 21.5. The van der Waals surface area contributed by atoms with Crippen LogP contribution in [0, 0.1) is 4.91 Å². The van der Waals surface area contributed by atoms with E-state index in [9.17, 15) is 22.9 Å². The van der Waals surface area contributed by atoms with Crippen molar-refractivity contribution in [1.82, 2.24) is 0 Å². The van der Waals surface area contributed by atoms with Crippen molar-refractivity contribution in [2.75, 3.05) is 7.11 Å². The fraction of sp³-hybridized carbons (Fsp3) is 0.300. The Bertz CT molecular complexity index is 431. The highest BCUT2D eigenvalue weighted by atomic mass is 19.4. The smallest absolute Gasteiger partial charge is 0.416 e. The third kappa shape index (κ3) is 3.02. The second-order valence-electron chi connectivity index (χ2n) is 3.15. The molecular formula is C10H8F3NO3. The largest absolute Gasteiger partial charge is 0.467 e. The van der Waals surface area contributed by atoms with E-state index < -0.39 is 23.8 Å². The van der Waals surface area contributed by atoms with E-state index in [0.29, 0.717) is 6.07 Å². The fourth-order valence-corrected chi connectivity index (χ4v) is 1.24. The van der Waals surface area contributed by atoms with Crippen LogP contribution >= 0.6 is 0 Å². The van der Waals surface area contributed by atoms with Crippen LogP contribution in [0.25, 0.3) is 0 Å². The number of ether oxygens (including phenoxy) is 1. The summed E-state index contributed by atoms with van der Waals surface area (Å²) in [6, 6.07) is 2.26. The Morgan fingerprint density at radius 2 is 2.06 bits per heavy atom. The van der Waals surface area contributed by atoms with E-state index in [0.717, 1.165) is 19.2 Å². The average Bonchev–Trinajstić information content (AvgIpc) is 2.29. The zero-order chi connectivity index (χ0) is 13.1. The molecular weight excluding hydrogens is 239 g/mol. The van der Waals surface area contributed by atoms with E-state index in [2.05, 4.69) is 9.91 Å². The molecule has 0 saturated heterocycles. The maximum Gasteiger partial charge on any atom is 0.416 e. The van der Waals surface area contributed by atoms with Gasteiger partial charge in [-0.05, 0) is 22.9 Å². The lowest BCUT2D eigenvalue weighted by Crippen LogP contribution is -2.13. The van der Waals surface area contributed by atoms with E-state index in [1.807, 2.05) is 0 Å². The second-order valence-corrected chi connectivity index (χ2v) is 3.15. The number of carbonyl (C=O) groups excluding carboxylic acids is 1. The van der Waals surface area contributed by atoms with Gasteiger partial charge in [-0.1, -0.05) is 12.1 Å². The molecule has 0 spiro atoms. The Kier molecular flexibility index (Phi) is 3.82. The molecule has 0 fully saturated rings. The first-order valence-electron chi connectivity index (χ1n) is 4.47. The normalized spacial score (nSPS) is 12.9. The van der Waals surface area contributed by atoms with Gasteiger partial charge in [-0.25, -0.2) is 4.79 Å². The Morgan fingerprint density at radius 1 is 1.41 bits per heavy atom. The predicted octanol–water partition coefficient (Wildman–Crippen LogP) is 2.69. The lowest BCUT2D eigenvalue weighted by Gasteiger charge is -2.10. The molecule has 0 aliphatic heterocycles. The maximum atomic E-state index is 12.4. The molecule has 0 aliphatic carbocycles. The van der Waals surface area contributed by atoms with Crippen molar-refractivity contribution in [2.45, 2.75) is 12.2 Å². The highest BCUT2D eigenvalue weighted by Crippen LogP contribution is 2.31. The fourth-order valence-electron chi connectivity index (χ4n) is 1.24. The zero-order valence-electron chi connectivity index (χ0n) is 8.69.